The quantitative estimate of drug-likeness (QED) is 0.680. The van der Waals surface area contributed by atoms with Crippen molar-refractivity contribution in [3.63, 3.8) is 0 Å². The summed E-state index contributed by atoms with van der Waals surface area (Å²) in [6, 6.07) is 5.03. The summed E-state index contributed by atoms with van der Waals surface area (Å²) in [7, 11) is 0. The molecule has 1 aliphatic heterocycles. The largest absolute Gasteiger partial charge is 0.478 e. The minimum atomic E-state index is -1.76. The van der Waals surface area contributed by atoms with Gasteiger partial charge >= 0.3 is 17.9 Å². The minimum absolute atomic E-state index is 0.0441. The van der Waals surface area contributed by atoms with E-state index in [2.05, 4.69) is 4.98 Å². The summed E-state index contributed by atoms with van der Waals surface area (Å²) in [4.78, 5) is 52.9. The highest BCUT2D eigenvalue weighted by Crippen LogP contribution is 2.44. The monoisotopic (exact) mass is 406 g/mol. The van der Waals surface area contributed by atoms with Crippen LogP contribution in [0.15, 0.2) is 18.2 Å². The van der Waals surface area contributed by atoms with Crippen LogP contribution in [0.2, 0.25) is 0 Å². The zero-order valence-electron chi connectivity index (χ0n) is 16.1. The Morgan fingerprint density at radius 2 is 2.00 bits per heavy atom. The van der Waals surface area contributed by atoms with Crippen LogP contribution in [0.25, 0.3) is 0 Å². The van der Waals surface area contributed by atoms with E-state index in [1.54, 1.807) is 18.2 Å². The number of anilines is 1. The van der Waals surface area contributed by atoms with Gasteiger partial charge in [-0.1, -0.05) is 6.07 Å². The van der Waals surface area contributed by atoms with E-state index in [4.69, 9.17) is 14.2 Å². The topological polar surface area (TPSA) is 132 Å². The Bertz CT molecular complexity index is 835. The summed E-state index contributed by atoms with van der Waals surface area (Å²) in [5.41, 5.74) is -0.278. The third kappa shape index (κ3) is 4.21. The van der Waals surface area contributed by atoms with E-state index >= 15 is 0 Å². The molecule has 10 nitrogen and oxygen atoms in total. The number of carboxylic acids is 1. The Labute approximate surface area is 166 Å². The van der Waals surface area contributed by atoms with Gasteiger partial charge < -0.3 is 19.3 Å². The Morgan fingerprint density at radius 1 is 1.28 bits per heavy atom. The van der Waals surface area contributed by atoms with Gasteiger partial charge in [0.15, 0.2) is 11.7 Å². The van der Waals surface area contributed by atoms with Crippen molar-refractivity contribution in [1.82, 2.24) is 4.98 Å². The van der Waals surface area contributed by atoms with Crippen LogP contribution in [-0.2, 0) is 39.0 Å². The van der Waals surface area contributed by atoms with Crippen LogP contribution >= 0.6 is 0 Å². The van der Waals surface area contributed by atoms with Crippen molar-refractivity contribution in [2.24, 2.45) is 0 Å². The molecule has 0 bridgehead atoms. The van der Waals surface area contributed by atoms with Gasteiger partial charge in [0.05, 0.1) is 18.8 Å². The van der Waals surface area contributed by atoms with Gasteiger partial charge in [-0.25, -0.2) is 9.78 Å². The highest BCUT2D eigenvalue weighted by molar-refractivity contribution is 6.00. The second-order valence-corrected chi connectivity index (χ2v) is 6.97. The molecular weight excluding hydrogens is 384 g/mol. The maximum absolute atomic E-state index is 12.9. The summed E-state index contributed by atoms with van der Waals surface area (Å²) >= 11 is 0. The molecular formula is C19H22N2O8. The molecule has 2 heterocycles. The van der Waals surface area contributed by atoms with Gasteiger partial charge in [-0.15, -0.1) is 0 Å². The standard InChI is InChI=1S/C19H22N2O8/c1-11(22)28-16(18(25)26)15-17(24)21(9-10-27-15)14-6-3-5-13(20-14)19(7-4-8-19)29-12(2)23/h3,5-6,15-16H,4,7-10H2,1-2H3,(H,25,26)/t15?,16-/m1/s1. The number of morpholine rings is 1. The number of carboxylic acid groups (broad SMARTS) is 1. The average molecular weight is 406 g/mol. The molecule has 1 unspecified atom stereocenters. The molecule has 0 spiro atoms. The number of esters is 2. The number of amides is 1. The first kappa shape index (κ1) is 20.7. The van der Waals surface area contributed by atoms with Crippen molar-refractivity contribution in [2.45, 2.75) is 50.9 Å². The van der Waals surface area contributed by atoms with E-state index < -0.39 is 41.6 Å². The Morgan fingerprint density at radius 3 is 2.55 bits per heavy atom. The molecule has 1 amide bonds. The SMILES string of the molecule is CC(=O)O[C@@H](C(=O)O)C1OCCN(c2cccc(C3(OC(C)=O)CCC3)n2)C1=O. The fourth-order valence-corrected chi connectivity index (χ4v) is 3.48. The number of ether oxygens (including phenoxy) is 3. The van der Waals surface area contributed by atoms with Gasteiger partial charge in [0.1, 0.15) is 5.82 Å². The van der Waals surface area contributed by atoms with Crippen molar-refractivity contribution in [2.75, 3.05) is 18.1 Å². The summed E-state index contributed by atoms with van der Waals surface area (Å²) in [6.07, 6.45) is -1.08. The van der Waals surface area contributed by atoms with E-state index in [0.29, 0.717) is 18.5 Å². The number of carbonyl (C=O) groups excluding carboxylic acids is 3. The molecule has 29 heavy (non-hydrogen) atoms. The van der Waals surface area contributed by atoms with E-state index in [1.165, 1.54) is 11.8 Å². The molecule has 1 saturated heterocycles. The Kier molecular flexibility index (Phi) is 5.83. The lowest BCUT2D eigenvalue weighted by Gasteiger charge is -2.40. The van der Waals surface area contributed by atoms with Gasteiger partial charge in [-0.05, 0) is 31.4 Å². The number of rotatable bonds is 6. The fourth-order valence-electron chi connectivity index (χ4n) is 3.48. The van der Waals surface area contributed by atoms with E-state index in [9.17, 15) is 24.3 Å². The Hall–Kier alpha value is -3.01. The highest BCUT2D eigenvalue weighted by atomic mass is 16.6. The van der Waals surface area contributed by atoms with Gasteiger partial charge in [-0.3, -0.25) is 19.3 Å². The summed E-state index contributed by atoms with van der Waals surface area (Å²) < 4.78 is 15.6. The molecule has 2 fully saturated rings. The predicted octanol–water partition coefficient (Wildman–Crippen LogP) is 0.772. The maximum Gasteiger partial charge on any atom is 0.348 e. The molecule has 2 aliphatic rings. The second-order valence-electron chi connectivity index (χ2n) is 6.97. The number of hydrogen-bond donors (Lipinski definition) is 1. The van der Waals surface area contributed by atoms with Crippen LogP contribution in [-0.4, -0.2) is 59.3 Å². The summed E-state index contributed by atoms with van der Waals surface area (Å²) in [6.45, 7) is 2.58. The molecule has 1 aromatic rings. The van der Waals surface area contributed by atoms with Crippen molar-refractivity contribution < 1.29 is 38.5 Å². The summed E-state index contributed by atoms with van der Waals surface area (Å²) in [5.74, 6) is -3.12. The first-order valence-corrected chi connectivity index (χ1v) is 9.24. The molecule has 0 aromatic carbocycles. The van der Waals surface area contributed by atoms with Gasteiger partial charge in [0.25, 0.3) is 5.91 Å². The minimum Gasteiger partial charge on any atom is -0.478 e. The number of aliphatic carboxylic acids is 1. The maximum atomic E-state index is 12.9. The molecule has 1 aliphatic carbocycles. The van der Waals surface area contributed by atoms with Crippen molar-refractivity contribution in [1.29, 1.82) is 0 Å². The first-order valence-electron chi connectivity index (χ1n) is 9.24. The van der Waals surface area contributed by atoms with Crippen LogP contribution in [0.4, 0.5) is 5.82 Å². The van der Waals surface area contributed by atoms with Crippen LogP contribution in [0.3, 0.4) is 0 Å². The number of hydrogen-bond acceptors (Lipinski definition) is 8. The predicted molar refractivity (Wildman–Crippen MR) is 96.8 cm³/mol. The van der Waals surface area contributed by atoms with Crippen LogP contribution in [0.1, 0.15) is 38.8 Å². The average Bonchev–Trinajstić information content (AvgIpc) is 2.63. The van der Waals surface area contributed by atoms with Crippen LogP contribution in [0, 0.1) is 0 Å². The number of aromatic nitrogens is 1. The molecule has 156 valence electrons. The van der Waals surface area contributed by atoms with Crippen molar-refractivity contribution >= 4 is 29.6 Å². The molecule has 1 saturated carbocycles. The fraction of sp³-hybridized carbons (Fsp3) is 0.526. The number of carbonyl (C=O) groups is 4. The number of nitrogens with zero attached hydrogens (tertiary/aromatic N) is 2. The molecule has 10 heteroatoms. The van der Waals surface area contributed by atoms with E-state index in [1.807, 2.05) is 0 Å². The van der Waals surface area contributed by atoms with Crippen LogP contribution < -0.4 is 4.90 Å². The smallest absolute Gasteiger partial charge is 0.348 e. The molecule has 0 radical (unpaired) electrons. The summed E-state index contributed by atoms with van der Waals surface area (Å²) in [5, 5.41) is 9.33. The van der Waals surface area contributed by atoms with E-state index in [-0.39, 0.29) is 19.0 Å². The lowest BCUT2D eigenvalue weighted by molar-refractivity contribution is -0.177. The second kappa shape index (κ2) is 8.16. The zero-order chi connectivity index (χ0) is 21.2. The normalized spacial score (nSPS) is 21.7. The molecule has 1 aromatic heterocycles. The molecule has 1 N–H and O–H groups in total. The lowest BCUT2D eigenvalue weighted by Crippen LogP contribution is -2.56. The zero-order valence-corrected chi connectivity index (χ0v) is 16.1. The molecule has 2 atom stereocenters. The first-order chi connectivity index (χ1) is 13.7. The number of pyridine rings is 1. The lowest BCUT2D eigenvalue weighted by atomic mass is 9.77. The van der Waals surface area contributed by atoms with Gasteiger partial charge in [-0.2, -0.15) is 0 Å². The highest BCUT2D eigenvalue weighted by Gasteiger charge is 2.45. The van der Waals surface area contributed by atoms with Crippen molar-refractivity contribution in [3.05, 3.63) is 23.9 Å². The Balaban J connectivity index is 1.87. The van der Waals surface area contributed by atoms with Gasteiger partial charge in [0, 0.05) is 13.8 Å². The third-order valence-electron chi connectivity index (χ3n) is 4.91. The van der Waals surface area contributed by atoms with E-state index in [0.717, 1.165) is 13.3 Å². The van der Waals surface area contributed by atoms with Gasteiger partial charge in [0.2, 0.25) is 6.10 Å². The van der Waals surface area contributed by atoms with Crippen LogP contribution in [0.5, 0.6) is 0 Å². The molecule has 3 rings (SSSR count). The van der Waals surface area contributed by atoms with Crippen molar-refractivity contribution in [3.8, 4) is 0 Å². The third-order valence-corrected chi connectivity index (χ3v) is 4.91.